The Bertz CT molecular complexity index is 929. The maximum atomic E-state index is 12.4. The quantitative estimate of drug-likeness (QED) is 0.610. The molecule has 3 rings (SSSR count). The molecule has 0 fully saturated rings. The van der Waals surface area contributed by atoms with Gasteiger partial charge in [-0.25, -0.2) is 4.98 Å². The van der Waals surface area contributed by atoms with Crippen molar-refractivity contribution in [3.63, 3.8) is 0 Å². The monoisotopic (exact) mass is 350 g/mol. The Kier molecular flexibility index (Phi) is 5.00. The minimum atomic E-state index is -0.185. The summed E-state index contributed by atoms with van der Waals surface area (Å²) in [6.07, 6.45) is 0. The highest BCUT2D eigenvalue weighted by molar-refractivity contribution is 7.12. The maximum Gasteiger partial charge on any atom is 0.267 e. The van der Waals surface area contributed by atoms with Gasteiger partial charge in [-0.2, -0.15) is 5.11 Å². The van der Waals surface area contributed by atoms with Crippen LogP contribution in [0.4, 0.5) is 17.1 Å². The first kappa shape index (κ1) is 17.0. The Labute approximate surface area is 150 Å². The molecule has 0 bridgehead atoms. The van der Waals surface area contributed by atoms with Crippen LogP contribution in [0.25, 0.3) is 0 Å². The molecule has 126 valence electrons. The van der Waals surface area contributed by atoms with Crippen molar-refractivity contribution < 1.29 is 4.79 Å². The predicted molar refractivity (Wildman–Crippen MR) is 101 cm³/mol. The largest absolute Gasteiger partial charge is 0.319 e. The lowest BCUT2D eigenvalue weighted by molar-refractivity contribution is 0.103. The van der Waals surface area contributed by atoms with Crippen LogP contribution >= 0.6 is 11.3 Å². The molecule has 1 N–H and O–H groups in total. The Hall–Kier alpha value is -2.86. The van der Waals surface area contributed by atoms with Crippen LogP contribution in [0.1, 0.15) is 26.5 Å². The molecule has 6 heteroatoms. The van der Waals surface area contributed by atoms with E-state index in [4.69, 9.17) is 0 Å². The van der Waals surface area contributed by atoms with E-state index in [0.717, 1.165) is 16.9 Å². The number of azo groups is 1. The van der Waals surface area contributed by atoms with Gasteiger partial charge in [-0.15, -0.1) is 16.5 Å². The highest BCUT2D eigenvalue weighted by Gasteiger charge is 2.13. The van der Waals surface area contributed by atoms with Crippen molar-refractivity contribution >= 4 is 34.3 Å². The van der Waals surface area contributed by atoms with E-state index in [9.17, 15) is 4.79 Å². The van der Waals surface area contributed by atoms with Crippen molar-refractivity contribution in [2.45, 2.75) is 20.8 Å². The summed E-state index contributed by atoms with van der Waals surface area (Å²) in [6.45, 7) is 5.82. The van der Waals surface area contributed by atoms with Gasteiger partial charge in [0.05, 0.1) is 22.6 Å². The third-order valence-corrected chi connectivity index (χ3v) is 4.59. The number of carbonyl (C=O) groups is 1. The van der Waals surface area contributed by atoms with Crippen LogP contribution in [0, 0.1) is 20.8 Å². The summed E-state index contributed by atoms with van der Waals surface area (Å²) >= 11 is 1.32. The summed E-state index contributed by atoms with van der Waals surface area (Å²) in [5.41, 5.74) is 6.61. The number of aryl methyl sites for hydroxylation is 3. The van der Waals surface area contributed by atoms with E-state index in [1.807, 2.05) is 63.2 Å². The molecule has 0 aliphatic carbocycles. The zero-order chi connectivity index (χ0) is 17.8. The van der Waals surface area contributed by atoms with Gasteiger partial charge >= 0.3 is 0 Å². The highest BCUT2D eigenvalue weighted by atomic mass is 32.1. The smallest absolute Gasteiger partial charge is 0.267 e. The van der Waals surface area contributed by atoms with Gasteiger partial charge in [-0.05, 0) is 50.6 Å². The summed E-state index contributed by atoms with van der Waals surface area (Å²) in [5, 5.41) is 11.5. The van der Waals surface area contributed by atoms with Gasteiger partial charge in [0.1, 0.15) is 10.6 Å². The van der Waals surface area contributed by atoms with Crippen molar-refractivity contribution in [1.29, 1.82) is 0 Å². The topological polar surface area (TPSA) is 66.7 Å². The van der Waals surface area contributed by atoms with E-state index in [1.54, 1.807) is 5.51 Å². The average Bonchev–Trinajstić information content (AvgIpc) is 3.02. The molecule has 1 aromatic heterocycles. The summed E-state index contributed by atoms with van der Waals surface area (Å²) in [7, 11) is 0. The fourth-order valence-corrected chi connectivity index (χ4v) is 2.95. The van der Waals surface area contributed by atoms with Gasteiger partial charge in [0.2, 0.25) is 0 Å². The Morgan fingerprint density at radius 2 is 1.72 bits per heavy atom. The number of hydrogen-bond acceptors (Lipinski definition) is 5. The Balaban J connectivity index is 1.86. The number of rotatable bonds is 4. The standard InChI is InChI=1S/C19H18N4OS/c1-12-4-7-15(8-5-12)22-23-17-10-13(2)6-9-16(17)21-19(24)18-14(3)20-11-25-18/h4-11H,1-3H3,(H,21,24). The zero-order valence-corrected chi connectivity index (χ0v) is 15.1. The molecule has 0 aliphatic heterocycles. The van der Waals surface area contributed by atoms with Crippen molar-refractivity contribution in [3.05, 3.63) is 69.7 Å². The summed E-state index contributed by atoms with van der Waals surface area (Å²) in [5.74, 6) is -0.185. The number of thiazole rings is 1. The number of nitrogens with one attached hydrogen (secondary N) is 1. The second kappa shape index (κ2) is 7.36. The molecule has 2 aromatic carbocycles. The number of nitrogens with zero attached hydrogens (tertiary/aromatic N) is 3. The van der Waals surface area contributed by atoms with Crippen LogP contribution in [0.2, 0.25) is 0 Å². The summed E-state index contributed by atoms with van der Waals surface area (Å²) < 4.78 is 0. The third-order valence-electron chi connectivity index (χ3n) is 3.66. The molecular weight excluding hydrogens is 332 g/mol. The lowest BCUT2D eigenvalue weighted by atomic mass is 10.2. The average molecular weight is 350 g/mol. The molecule has 0 saturated heterocycles. The molecule has 25 heavy (non-hydrogen) atoms. The number of carbonyl (C=O) groups excluding carboxylic acids is 1. The van der Waals surface area contributed by atoms with Gasteiger partial charge in [-0.1, -0.05) is 23.8 Å². The van der Waals surface area contributed by atoms with Crippen molar-refractivity contribution in [2.24, 2.45) is 10.2 Å². The van der Waals surface area contributed by atoms with Crippen LogP contribution in [-0.2, 0) is 0 Å². The van der Waals surface area contributed by atoms with Crippen molar-refractivity contribution in [3.8, 4) is 0 Å². The molecule has 0 saturated carbocycles. The minimum absolute atomic E-state index is 0.185. The molecule has 0 unspecified atom stereocenters. The second-order valence-electron chi connectivity index (χ2n) is 5.78. The van der Waals surface area contributed by atoms with Crippen LogP contribution in [0.5, 0.6) is 0 Å². The molecule has 0 radical (unpaired) electrons. The first-order valence-electron chi connectivity index (χ1n) is 7.83. The lowest BCUT2D eigenvalue weighted by Gasteiger charge is -2.08. The van der Waals surface area contributed by atoms with Crippen LogP contribution in [0.3, 0.4) is 0 Å². The van der Waals surface area contributed by atoms with Crippen LogP contribution < -0.4 is 5.32 Å². The number of aromatic nitrogens is 1. The summed E-state index contributed by atoms with van der Waals surface area (Å²) in [4.78, 5) is 17.1. The van der Waals surface area contributed by atoms with Crippen molar-refractivity contribution in [1.82, 2.24) is 4.98 Å². The van der Waals surface area contributed by atoms with Gasteiger partial charge in [-0.3, -0.25) is 4.79 Å². The number of benzene rings is 2. The molecular formula is C19H18N4OS. The van der Waals surface area contributed by atoms with E-state index in [-0.39, 0.29) is 5.91 Å². The summed E-state index contributed by atoms with van der Waals surface area (Å²) in [6, 6.07) is 13.5. The van der Waals surface area contributed by atoms with Crippen molar-refractivity contribution in [2.75, 3.05) is 5.32 Å². The molecule has 0 atom stereocenters. The molecule has 0 aliphatic rings. The zero-order valence-electron chi connectivity index (χ0n) is 14.3. The maximum absolute atomic E-state index is 12.4. The molecule has 0 spiro atoms. The number of anilines is 1. The van der Waals surface area contributed by atoms with Gasteiger partial charge in [0, 0.05) is 0 Å². The van der Waals surface area contributed by atoms with E-state index >= 15 is 0 Å². The van der Waals surface area contributed by atoms with Crippen LogP contribution in [0.15, 0.2) is 58.2 Å². The fourth-order valence-electron chi connectivity index (χ4n) is 2.25. The fraction of sp³-hybridized carbons (Fsp3) is 0.158. The van der Waals surface area contributed by atoms with E-state index in [0.29, 0.717) is 16.3 Å². The molecule has 3 aromatic rings. The minimum Gasteiger partial charge on any atom is -0.319 e. The van der Waals surface area contributed by atoms with E-state index in [2.05, 4.69) is 20.5 Å². The second-order valence-corrected chi connectivity index (χ2v) is 6.63. The normalized spacial score (nSPS) is 11.0. The van der Waals surface area contributed by atoms with Gasteiger partial charge in [0.25, 0.3) is 5.91 Å². The van der Waals surface area contributed by atoms with Gasteiger partial charge < -0.3 is 5.32 Å². The van der Waals surface area contributed by atoms with E-state index < -0.39 is 0 Å². The predicted octanol–water partition coefficient (Wildman–Crippen LogP) is 5.74. The molecule has 5 nitrogen and oxygen atoms in total. The van der Waals surface area contributed by atoms with E-state index in [1.165, 1.54) is 16.9 Å². The number of hydrogen-bond donors (Lipinski definition) is 1. The number of amides is 1. The van der Waals surface area contributed by atoms with Crippen LogP contribution in [-0.4, -0.2) is 10.9 Å². The molecule has 1 heterocycles. The third kappa shape index (κ3) is 4.16. The first-order valence-corrected chi connectivity index (χ1v) is 8.71. The molecule has 1 amide bonds. The highest BCUT2D eigenvalue weighted by Crippen LogP contribution is 2.29. The Morgan fingerprint density at radius 3 is 2.40 bits per heavy atom. The Morgan fingerprint density at radius 1 is 1.00 bits per heavy atom. The van der Waals surface area contributed by atoms with Gasteiger partial charge in [0.15, 0.2) is 0 Å². The lowest BCUT2D eigenvalue weighted by Crippen LogP contribution is -2.11. The SMILES string of the molecule is Cc1ccc(N=Nc2cc(C)ccc2NC(=O)c2scnc2C)cc1. The first-order chi connectivity index (χ1) is 12.0.